The molecule has 0 saturated heterocycles. The topological polar surface area (TPSA) is 50.4 Å². The lowest BCUT2D eigenvalue weighted by molar-refractivity contribution is 0.0976. The van der Waals surface area contributed by atoms with Crippen LogP contribution < -0.4 is 15.4 Å². The largest absolute Gasteiger partial charge is 0.491 e. The summed E-state index contributed by atoms with van der Waals surface area (Å²) in [7, 11) is 0. The van der Waals surface area contributed by atoms with E-state index in [-0.39, 0.29) is 12.0 Å². The normalized spacial score (nSPS) is 11.6. The van der Waals surface area contributed by atoms with Crippen LogP contribution in [0.15, 0.2) is 24.3 Å². The molecule has 0 bridgehead atoms. The number of benzene rings is 1. The molecule has 24 heavy (non-hydrogen) atoms. The lowest BCUT2D eigenvalue weighted by atomic mass is 10.1. The first-order valence-electron chi connectivity index (χ1n) is 8.92. The molecule has 1 unspecified atom stereocenters. The average Bonchev–Trinajstić information content (AvgIpc) is 2.58. The molecule has 1 atom stereocenters. The minimum atomic E-state index is -0.200. The van der Waals surface area contributed by atoms with Crippen LogP contribution in [0.1, 0.15) is 69.7 Å². The van der Waals surface area contributed by atoms with Crippen LogP contribution in [-0.4, -0.2) is 23.7 Å². The molecule has 0 aliphatic heterocycles. The van der Waals surface area contributed by atoms with Crippen molar-refractivity contribution in [3.63, 3.8) is 0 Å². The molecule has 1 aromatic carbocycles. The Morgan fingerprint density at radius 3 is 2.42 bits per heavy atom. The number of carbonyl (C=O) groups excluding carboxylic acids is 1. The Bertz CT molecular complexity index is 503. The van der Waals surface area contributed by atoms with Crippen molar-refractivity contribution >= 4 is 23.2 Å². The summed E-state index contributed by atoms with van der Waals surface area (Å²) in [5.74, 6) is 0.572. The van der Waals surface area contributed by atoms with Crippen LogP contribution in [-0.2, 0) is 0 Å². The van der Waals surface area contributed by atoms with Crippen molar-refractivity contribution in [2.45, 2.75) is 65.4 Å². The number of unbranched alkanes of at least 4 members (excludes halogenated alkanes) is 4. The van der Waals surface area contributed by atoms with Gasteiger partial charge in [-0.15, -0.1) is 0 Å². The Hall–Kier alpha value is -1.62. The highest BCUT2D eigenvalue weighted by molar-refractivity contribution is 7.80. The van der Waals surface area contributed by atoms with Gasteiger partial charge in [-0.25, -0.2) is 0 Å². The standard InChI is InChI=1S/C19H30N2O2S/c1-4-6-7-8-9-14-20-19(24)21-18(22)16-10-12-17(13-11-16)23-15(3)5-2/h10-13,15H,4-9,14H2,1-3H3,(H2,20,21,22,24). The number of ether oxygens (including phenoxy) is 1. The third-order valence-electron chi connectivity index (χ3n) is 3.82. The molecule has 1 aromatic rings. The zero-order chi connectivity index (χ0) is 17.8. The van der Waals surface area contributed by atoms with Crippen molar-refractivity contribution in [2.24, 2.45) is 0 Å². The van der Waals surface area contributed by atoms with E-state index in [2.05, 4.69) is 24.5 Å². The number of hydrogen-bond donors (Lipinski definition) is 2. The second-order valence-corrected chi connectivity index (χ2v) is 6.39. The summed E-state index contributed by atoms with van der Waals surface area (Å²) in [5, 5.41) is 6.18. The molecule has 0 aliphatic rings. The van der Waals surface area contributed by atoms with Crippen LogP contribution in [0.25, 0.3) is 0 Å². The Kier molecular flexibility index (Phi) is 10.1. The number of hydrogen-bond acceptors (Lipinski definition) is 3. The number of rotatable bonds is 10. The highest BCUT2D eigenvalue weighted by Gasteiger charge is 2.08. The van der Waals surface area contributed by atoms with Crippen LogP contribution in [0.3, 0.4) is 0 Å². The van der Waals surface area contributed by atoms with Gasteiger partial charge in [0.2, 0.25) is 0 Å². The Balaban J connectivity index is 2.32. The average molecular weight is 351 g/mol. The number of amides is 1. The number of thiocarbonyl (C=S) groups is 1. The summed E-state index contributed by atoms with van der Waals surface area (Å²) in [6, 6.07) is 7.12. The van der Waals surface area contributed by atoms with Gasteiger partial charge in [0, 0.05) is 12.1 Å². The van der Waals surface area contributed by atoms with Gasteiger partial charge in [0.1, 0.15) is 5.75 Å². The molecule has 0 spiro atoms. The van der Waals surface area contributed by atoms with Gasteiger partial charge in [-0.2, -0.15) is 0 Å². The first-order chi connectivity index (χ1) is 11.6. The molecule has 5 heteroatoms. The quantitative estimate of drug-likeness (QED) is 0.484. The van der Waals surface area contributed by atoms with Crippen molar-refractivity contribution in [1.29, 1.82) is 0 Å². The summed E-state index contributed by atoms with van der Waals surface area (Å²) in [4.78, 5) is 12.1. The molecule has 1 rings (SSSR count). The van der Waals surface area contributed by atoms with Gasteiger partial charge in [0.15, 0.2) is 5.11 Å². The maximum Gasteiger partial charge on any atom is 0.257 e. The highest BCUT2D eigenvalue weighted by atomic mass is 32.1. The molecule has 4 nitrogen and oxygen atoms in total. The molecule has 0 saturated carbocycles. The lowest BCUT2D eigenvalue weighted by Crippen LogP contribution is -2.39. The predicted molar refractivity (Wildman–Crippen MR) is 104 cm³/mol. The van der Waals surface area contributed by atoms with Crippen LogP contribution in [0, 0.1) is 0 Å². The first kappa shape index (κ1) is 20.4. The molecule has 134 valence electrons. The second-order valence-electron chi connectivity index (χ2n) is 5.99. The van der Waals surface area contributed by atoms with Crippen LogP contribution in [0.5, 0.6) is 5.75 Å². The SMILES string of the molecule is CCCCCCCNC(=S)NC(=O)c1ccc(OC(C)CC)cc1. The van der Waals surface area contributed by atoms with E-state index in [1.807, 2.05) is 19.1 Å². The Morgan fingerprint density at radius 2 is 1.79 bits per heavy atom. The van der Waals surface area contributed by atoms with E-state index in [0.717, 1.165) is 25.1 Å². The highest BCUT2D eigenvalue weighted by Crippen LogP contribution is 2.14. The van der Waals surface area contributed by atoms with Gasteiger partial charge in [-0.05, 0) is 56.2 Å². The molecule has 0 aromatic heterocycles. The zero-order valence-corrected chi connectivity index (χ0v) is 15.9. The second kappa shape index (κ2) is 11.8. The summed E-state index contributed by atoms with van der Waals surface area (Å²) < 4.78 is 5.70. The van der Waals surface area contributed by atoms with Gasteiger partial charge in [0.25, 0.3) is 5.91 Å². The van der Waals surface area contributed by atoms with Gasteiger partial charge >= 0.3 is 0 Å². The molecular weight excluding hydrogens is 320 g/mol. The fourth-order valence-corrected chi connectivity index (χ4v) is 2.35. The number of nitrogens with one attached hydrogen (secondary N) is 2. The molecular formula is C19H30N2O2S. The molecule has 0 radical (unpaired) electrons. The van der Waals surface area contributed by atoms with Crippen LogP contribution >= 0.6 is 12.2 Å². The molecule has 0 heterocycles. The lowest BCUT2D eigenvalue weighted by Gasteiger charge is -2.13. The maximum atomic E-state index is 12.1. The third kappa shape index (κ3) is 8.29. The summed E-state index contributed by atoms with van der Waals surface area (Å²) in [6.07, 6.45) is 7.13. The first-order valence-corrected chi connectivity index (χ1v) is 9.33. The van der Waals surface area contributed by atoms with Crippen molar-refractivity contribution in [1.82, 2.24) is 10.6 Å². The molecule has 2 N–H and O–H groups in total. The van der Waals surface area contributed by atoms with Crippen LogP contribution in [0.4, 0.5) is 0 Å². The minimum absolute atomic E-state index is 0.166. The summed E-state index contributed by atoms with van der Waals surface area (Å²) in [5.41, 5.74) is 0.568. The van der Waals surface area contributed by atoms with E-state index < -0.39 is 0 Å². The van der Waals surface area contributed by atoms with Gasteiger partial charge in [0.05, 0.1) is 6.10 Å². The number of carbonyl (C=O) groups is 1. The van der Waals surface area contributed by atoms with Gasteiger partial charge in [-0.3, -0.25) is 10.1 Å². The van der Waals surface area contributed by atoms with Crippen molar-refractivity contribution < 1.29 is 9.53 Å². The maximum absolute atomic E-state index is 12.1. The fraction of sp³-hybridized carbons (Fsp3) is 0.579. The van der Waals surface area contributed by atoms with Gasteiger partial charge < -0.3 is 10.1 Å². The van der Waals surface area contributed by atoms with Crippen molar-refractivity contribution in [2.75, 3.05) is 6.54 Å². The van der Waals surface area contributed by atoms with Crippen molar-refractivity contribution in [3.8, 4) is 5.75 Å². The molecule has 0 fully saturated rings. The Morgan fingerprint density at radius 1 is 1.12 bits per heavy atom. The zero-order valence-electron chi connectivity index (χ0n) is 15.1. The van der Waals surface area contributed by atoms with Crippen molar-refractivity contribution in [3.05, 3.63) is 29.8 Å². The fourth-order valence-electron chi connectivity index (χ4n) is 2.15. The van der Waals surface area contributed by atoms with E-state index in [1.54, 1.807) is 12.1 Å². The van der Waals surface area contributed by atoms with E-state index >= 15 is 0 Å². The molecule has 0 aliphatic carbocycles. The molecule has 1 amide bonds. The minimum Gasteiger partial charge on any atom is -0.491 e. The Labute approximate surface area is 151 Å². The van der Waals surface area contributed by atoms with E-state index in [4.69, 9.17) is 17.0 Å². The summed E-state index contributed by atoms with van der Waals surface area (Å²) >= 11 is 5.16. The van der Waals surface area contributed by atoms with E-state index in [9.17, 15) is 4.79 Å². The van der Waals surface area contributed by atoms with E-state index in [0.29, 0.717) is 10.7 Å². The smallest absolute Gasteiger partial charge is 0.257 e. The third-order valence-corrected chi connectivity index (χ3v) is 4.07. The van der Waals surface area contributed by atoms with Crippen LogP contribution in [0.2, 0.25) is 0 Å². The predicted octanol–water partition coefficient (Wildman–Crippen LogP) is 4.44. The monoisotopic (exact) mass is 350 g/mol. The summed E-state index contributed by atoms with van der Waals surface area (Å²) in [6.45, 7) is 7.09. The van der Waals surface area contributed by atoms with Gasteiger partial charge in [-0.1, -0.05) is 39.5 Å². The van der Waals surface area contributed by atoms with E-state index in [1.165, 1.54) is 25.7 Å².